The van der Waals surface area contributed by atoms with Gasteiger partial charge in [-0.1, -0.05) is 6.92 Å². The molecule has 0 fully saturated rings. The van der Waals surface area contributed by atoms with Crippen LogP contribution in [0, 0.1) is 16.0 Å². The Morgan fingerprint density at radius 3 is 2.86 bits per heavy atom. The number of halogens is 1. The number of nitro groups is 1. The Hall–Kier alpha value is -1.13. The van der Waals surface area contributed by atoms with Crippen molar-refractivity contribution in [3.63, 3.8) is 0 Å². The van der Waals surface area contributed by atoms with Gasteiger partial charge in [-0.2, -0.15) is 0 Å². The highest BCUT2D eigenvalue weighted by Crippen LogP contribution is 2.27. The maximum atomic E-state index is 13.3. The van der Waals surface area contributed by atoms with E-state index in [9.17, 15) is 14.5 Å². The van der Waals surface area contributed by atoms with Gasteiger partial charge in [0.2, 0.25) is 0 Å². The van der Waals surface area contributed by atoms with Crippen molar-refractivity contribution in [3.05, 3.63) is 21.9 Å². The molecule has 0 radical (unpaired) electrons. The van der Waals surface area contributed by atoms with Gasteiger partial charge in [-0.05, 0) is 12.0 Å². The molecular weight excluding hydrogens is 189 g/mol. The van der Waals surface area contributed by atoms with E-state index in [0.717, 1.165) is 0 Å². The number of allylic oxidation sites excluding steroid dienone is 1. The summed E-state index contributed by atoms with van der Waals surface area (Å²) in [5, 5.41) is 10.7. The zero-order valence-electron chi connectivity index (χ0n) is 8.27. The van der Waals surface area contributed by atoms with E-state index in [2.05, 4.69) is 0 Å². The van der Waals surface area contributed by atoms with E-state index in [1.54, 1.807) is 6.92 Å². The Morgan fingerprint density at radius 2 is 2.36 bits per heavy atom. The summed E-state index contributed by atoms with van der Waals surface area (Å²) in [6, 6.07) is -0.893. The second kappa shape index (κ2) is 4.39. The summed E-state index contributed by atoms with van der Waals surface area (Å²) in [4.78, 5) is 10.3. The van der Waals surface area contributed by atoms with E-state index in [1.807, 2.05) is 0 Å². The van der Waals surface area contributed by atoms with Crippen LogP contribution in [-0.4, -0.2) is 24.2 Å². The third-order valence-electron chi connectivity index (χ3n) is 2.58. The Kier molecular flexibility index (Phi) is 3.43. The first-order chi connectivity index (χ1) is 6.56. The van der Waals surface area contributed by atoms with Crippen LogP contribution < -0.4 is 0 Å². The second-order valence-electron chi connectivity index (χ2n) is 3.58. The van der Waals surface area contributed by atoms with Gasteiger partial charge in [0, 0.05) is 17.8 Å². The minimum Gasteiger partial charge on any atom is -0.494 e. The lowest BCUT2D eigenvalue weighted by atomic mass is 9.98. The van der Waals surface area contributed by atoms with Gasteiger partial charge in [0.15, 0.2) is 5.76 Å². The molecule has 0 spiro atoms. The summed E-state index contributed by atoms with van der Waals surface area (Å²) in [6.45, 7) is 1.69. The number of ether oxygens (including phenoxy) is 1. The van der Waals surface area contributed by atoms with Gasteiger partial charge in [0.25, 0.3) is 6.04 Å². The third-order valence-corrected chi connectivity index (χ3v) is 2.58. The van der Waals surface area contributed by atoms with E-state index in [-0.39, 0.29) is 24.5 Å². The number of nitrogens with zero attached hydrogens (tertiary/aromatic N) is 1. The predicted molar refractivity (Wildman–Crippen MR) is 49.2 cm³/mol. The number of alkyl halides is 1. The van der Waals surface area contributed by atoms with Crippen LogP contribution in [0.5, 0.6) is 0 Å². The van der Waals surface area contributed by atoms with E-state index >= 15 is 0 Å². The van der Waals surface area contributed by atoms with Crippen LogP contribution >= 0.6 is 0 Å². The Morgan fingerprint density at radius 1 is 1.71 bits per heavy atom. The highest BCUT2D eigenvalue weighted by molar-refractivity contribution is 5.04. The van der Waals surface area contributed by atoms with Crippen LogP contribution in [0.4, 0.5) is 4.39 Å². The van der Waals surface area contributed by atoms with Crippen molar-refractivity contribution < 1.29 is 14.1 Å². The van der Waals surface area contributed by atoms with Crippen LogP contribution in [0.25, 0.3) is 0 Å². The Labute approximate surface area is 81.9 Å². The third kappa shape index (κ3) is 2.21. The molecule has 1 aliphatic carbocycles. The summed E-state index contributed by atoms with van der Waals surface area (Å²) >= 11 is 0. The summed E-state index contributed by atoms with van der Waals surface area (Å²) in [6.07, 6.45) is 0.884. The van der Waals surface area contributed by atoms with Gasteiger partial charge >= 0.3 is 0 Å². The van der Waals surface area contributed by atoms with Crippen molar-refractivity contribution in [2.24, 2.45) is 5.92 Å². The maximum Gasteiger partial charge on any atom is 0.269 e. The monoisotopic (exact) mass is 203 g/mol. The minimum absolute atomic E-state index is 0.202. The van der Waals surface area contributed by atoms with Crippen LogP contribution in [0.3, 0.4) is 0 Å². The molecule has 4 nitrogen and oxygen atoms in total. The Bertz CT molecular complexity index is 254. The largest absolute Gasteiger partial charge is 0.494 e. The molecule has 0 bridgehead atoms. The van der Waals surface area contributed by atoms with Crippen molar-refractivity contribution in [3.8, 4) is 0 Å². The first-order valence-electron chi connectivity index (χ1n) is 4.57. The SMILES string of the molecule is COC1=CCC(F)[C@@H](C)CC1[N+](=O)[O-]. The predicted octanol–water partition coefficient (Wildman–Crippen LogP) is 1.93. The molecule has 2 unspecified atom stereocenters. The van der Waals surface area contributed by atoms with Crippen LogP contribution in [0.15, 0.2) is 11.8 Å². The fraction of sp³-hybridized carbons (Fsp3) is 0.778. The lowest BCUT2D eigenvalue weighted by molar-refractivity contribution is -0.518. The highest BCUT2D eigenvalue weighted by atomic mass is 19.1. The van der Waals surface area contributed by atoms with Gasteiger partial charge in [-0.25, -0.2) is 4.39 Å². The van der Waals surface area contributed by atoms with Gasteiger partial charge in [-0.3, -0.25) is 10.1 Å². The van der Waals surface area contributed by atoms with Gasteiger partial charge in [0.05, 0.1) is 7.11 Å². The minimum atomic E-state index is -1.01. The summed E-state index contributed by atoms with van der Waals surface area (Å²) in [5.41, 5.74) is 0. The molecule has 1 rings (SSSR count). The van der Waals surface area contributed by atoms with Crippen molar-refractivity contribution in [1.82, 2.24) is 0 Å². The van der Waals surface area contributed by atoms with Crippen molar-refractivity contribution in [2.45, 2.75) is 32.0 Å². The molecule has 0 aromatic rings. The molecule has 0 heterocycles. The molecule has 0 aromatic carbocycles. The van der Waals surface area contributed by atoms with Crippen LogP contribution in [-0.2, 0) is 4.74 Å². The van der Waals surface area contributed by atoms with Crippen molar-refractivity contribution in [2.75, 3.05) is 7.11 Å². The van der Waals surface area contributed by atoms with Crippen LogP contribution in [0.2, 0.25) is 0 Å². The number of hydrogen-bond donors (Lipinski definition) is 0. The maximum absolute atomic E-state index is 13.3. The fourth-order valence-electron chi connectivity index (χ4n) is 1.62. The van der Waals surface area contributed by atoms with E-state index in [1.165, 1.54) is 13.2 Å². The quantitative estimate of drug-likeness (QED) is 0.509. The smallest absolute Gasteiger partial charge is 0.269 e. The Balaban J connectivity index is 2.85. The molecule has 1 aliphatic rings. The van der Waals surface area contributed by atoms with Gasteiger partial charge < -0.3 is 4.74 Å². The number of methoxy groups -OCH3 is 1. The lowest BCUT2D eigenvalue weighted by Gasteiger charge is -2.14. The summed E-state index contributed by atoms with van der Waals surface area (Å²) in [7, 11) is 1.38. The van der Waals surface area contributed by atoms with Gasteiger partial charge in [-0.15, -0.1) is 0 Å². The van der Waals surface area contributed by atoms with E-state index in [4.69, 9.17) is 4.74 Å². The molecule has 0 amide bonds. The molecule has 5 heteroatoms. The van der Waals surface area contributed by atoms with Gasteiger partial charge in [0.1, 0.15) is 6.17 Å². The lowest BCUT2D eigenvalue weighted by Crippen LogP contribution is -2.26. The average molecular weight is 203 g/mol. The fourth-order valence-corrected chi connectivity index (χ4v) is 1.62. The molecule has 0 N–H and O–H groups in total. The molecule has 0 saturated carbocycles. The highest BCUT2D eigenvalue weighted by Gasteiger charge is 2.34. The summed E-state index contributed by atoms with van der Waals surface area (Å²) < 4.78 is 18.2. The van der Waals surface area contributed by atoms with Crippen molar-refractivity contribution >= 4 is 0 Å². The number of hydrogen-bond acceptors (Lipinski definition) is 3. The molecule has 3 atom stereocenters. The second-order valence-corrected chi connectivity index (χ2v) is 3.58. The van der Waals surface area contributed by atoms with Crippen molar-refractivity contribution in [1.29, 1.82) is 0 Å². The zero-order chi connectivity index (χ0) is 10.7. The first-order valence-corrected chi connectivity index (χ1v) is 4.57. The molecule has 0 aromatic heterocycles. The molecule has 0 saturated heterocycles. The average Bonchev–Trinajstić information content (AvgIpc) is 2.28. The van der Waals surface area contributed by atoms with Crippen LogP contribution in [0.1, 0.15) is 19.8 Å². The summed E-state index contributed by atoms with van der Waals surface area (Å²) in [5.74, 6) is -0.0173. The standard InChI is InChI=1S/C9H14FNO3/c1-6-5-8(11(12)13)9(14-2)4-3-7(6)10/h4,6-8H,3,5H2,1-2H3/t6-,7?,8?/m0/s1. The van der Waals surface area contributed by atoms with E-state index in [0.29, 0.717) is 0 Å². The molecular formula is C9H14FNO3. The molecule has 0 aliphatic heterocycles. The number of rotatable bonds is 2. The molecule has 14 heavy (non-hydrogen) atoms. The normalized spacial score (nSPS) is 33.1. The zero-order valence-corrected chi connectivity index (χ0v) is 8.27. The topological polar surface area (TPSA) is 52.4 Å². The first kappa shape index (κ1) is 10.9. The molecule has 80 valence electrons. The van der Waals surface area contributed by atoms with E-state index < -0.39 is 17.1 Å².